The van der Waals surface area contributed by atoms with Gasteiger partial charge in [0.2, 0.25) is 5.91 Å². The fraction of sp³-hybridized carbons (Fsp3) is 0.294. The maximum Gasteiger partial charge on any atom is 0.224 e. The average molecular weight is 297 g/mol. The Morgan fingerprint density at radius 2 is 2.18 bits per heavy atom. The van der Waals surface area contributed by atoms with E-state index in [-0.39, 0.29) is 12.5 Å². The highest BCUT2D eigenvalue weighted by Gasteiger charge is 2.04. The van der Waals surface area contributed by atoms with Gasteiger partial charge in [0.05, 0.1) is 0 Å². The van der Waals surface area contributed by atoms with E-state index in [0.29, 0.717) is 12.2 Å². The highest BCUT2D eigenvalue weighted by atomic mass is 16.5. The smallest absolute Gasteiger partial charge is 0.224 e. The van der Waals surface area contributed by atoms with E-state index in [1.54, 1.807) is 30.5 Å². The minimum absolute atomic E-state index is 0.00457. The molecule has 0 aliphatic rings. The number of imidazole rings is 1. The first-order valence-electron chi connectivity index (χ1n) is 7.13. The van der Waals surface area contributed by atoms with Gasteiger partial charge in [0, 0.05) is 31.0 Å². The zero-order chi connectivity index (χ0) is 15.8. The predicted molar refractivity (Wildman–Crippen MR) is 85.6 cm³/mol. The molecule has 5 nitrogen and oxygen atoms in total. The normalized spacial score (nSPS) is 10.0. The van der Waals surface area contributed by atoms with Crippen LogP contribution in [0.3, 0.4) is 0 Å². The van der Waals surface area contributed by atoms with Gasteiger partial charge < -0.3 is 14.6 Å². The quantitative estimate of drug-likeness (QED) is 0.799. The van der Waals surface area contributed by atoms with Crippen LogP contribution in [0.25, 0.3) is 0 Å². The zero-order valence-corrected chi connectivity index (χ0v) is 12.6. The van der Waals surface area contributed by atoms with E-state index >= 15 is 0 Å². The van der Waals surface area contributed by atoms with E-state index in [1.807, 2.05) is 17.7 Å². The number of benzene rings is 1. The summed E-state index contributed by atoms with van der Waals surface area (Å²) in [7, 11) is 0. The van der Waals surface area contributed by atoms with Crippen LogP contribution < -0.4 is 10.1 Å². The van der Waals surface area contributed by atoms with Crippen molar-refractivity contribution in [3.8, 4) is 18.1 Å². The van der Waals surface area contributed by atoms with Gasteiger partial charge in [-0.15, -0.1) is 6.42 Å². The minimum atomic E-state index is -0.00457. The molecule has 1 aromatic heterocycles. The molecular formula is C17H19N3O2. The number of aryl methyl sites for hydroxylation is 2. The molecule has 1 aromatic carbocycles. The lowest BCUT2D eigenvalue weighted by molar-refractivity contribution is -0.116. The van der Waals surface area contributed by atoms with Crippen LogP contribution in [-0.2, 0) is 11.3 Å². The van der Waals surface area contributed by atoms with E-state index in [1.165, 1.54) is 0 Å². The van der Waals surface area contributed by atoms with Gasteiger partial charge in [0.25, 0.3) is 0 Å². The first kappa shape index (κ1) is 15.6. The Kier molecular flexibility index (Phi) is 5.61. The minimum Gasteiger partial charge on any atom is -0.481 e. The van der Waals surface area contributed by atoms with Gasteiger partial charge >= 0.3 is 0 Å². The molecule has 0 bridgehead atoms. The second kappa shape index (κ2) is 7.89. The van der Waals surface area contributed by atoms with E-state index in [9.17, 15) is 4.79 Å². The Bertz CT molecular complexity index is 653. The SMILES string of the molecule is C#CCOc1ccc(NC(=O)CCCn2ccnc2C)cc1. The number of nitrogens with one attached hydrogen (secondary N) is 1. The van der Waals surface area contributed by atoms with E-state index in [4.69, 9.17) is 11.2 Å². The van der Waals surface area contributed by atoms with Crippen LogP contribution in [0.1, 0.15) is 18.7 Å². The topological polar surface area (TPSA) is 56.1 Å². The third-order valence-corrected chi connectivity index (χ3v) is 3.19. The fourth-order valence-electron chi connectivity index (χ4n) is 2.03. The molecule has 22 heavy (non-hydrogen) atoms. The number of ether oxygens (including phenoxy) is 1. The van der Waals surface area contributed by atoms with Crippen LogP contribution in [0.2, 0.25) is 0 Å². The third kappa shape index (κ3) is 4.67. The van der Waals surface area contributed by atoms with Crippen molar-refractivity contribution in [3.63, 3.8) is 0 Å². The summed E-state index contributed by atoms with van der Waals surface area (Å²) in [6.07, 6.45) is 10.0. The van der Waals surface area contributed by atoms with E-state index < -0.39 is 0 Å². The molecule has 0 saturated heterocycles. The summed E-state index contributed by atoms with van der Waals surface area (Å²) in [5, 5.41) is 2.86. The van der Waals surface area contributed by atoms with Gasteiger partial charge in [-0.25, -0.2) is 4.98 Å². The number of hydrogen-bond acceptors (Lipinski definition) is 3. The summed E-state index contributed by atoms with van der Waals surface area (Å²) in [6.45, 7) is 2.97. The molecule has 1 amide bonds. The lowest BCUT2D eigenvalue weighted by Crippen LogP contribution is -2.12. The summed E-state index contributed by atoms with van der Waals surface area (Å²) in [5.41, 5.74) is 0.747. The number of anilines is 1. The highest BCUT2D eigenvalue weighted by molar-refractivity contribution is 5.90. The Morgan fingerprint density at radius 1 is 1.41 bits per heavy atom. The lowest BCUT2D eigenvalue weighted by Gasteiger charge is -2.08. The van der Waals surface area contributed by atoms with Crippen molar-refractivity contribution in [1.82, 2.24) is 9.55 Å². The maximum atomic E-state index is 11.9. The average Bonchev–Trinajstić information content (AvgIpc) is 2.92. The first-order chi connectivity index (χ1) is 10.7. The molecule has 1 heterocycles. The van der Waals surface area contributed by atoms with E-state index in [0.717, 1.165) is 24.5 Å². The lowest BCUT2D eigenvalue weighted by atomic mass is 10.2. The van der Waals surface area contributed by atoms with Gasteiger partial charge in [-0.2, -0.15) is 0 Å². The highest BCUT2D eigenvalue weighted by Crippen LogP contribution is 2.16. The number of rotatable bonds is 7. The van der Waals surface area contributed by atoms with E-state index in [2.05, 4.69) is 16.2 Å². The number of hydrogen-bond donors (Lipinski definition) is 1. The molecule has 0 atom stereocenters. The molecule has 114 valence electrons. The number of carbonyl (C=O) groups is 1. The van der Waals surface area contributed by atoms with Crippen LogP contribution in [0, 0.1) is 19.3 Å². The molecule has 1 N–H and O–H groups in total. The monoisotopic (exact) mass is 297 g/mol. The van der Waals surface area contributed by atoms with Crippen molar-refractivity contribution in [2.75, 3.05) is 11.9 Å². The molecule has 2 aromatic rings. The third-order valence-electron chi connectivity index (χ3n) is 3.19. The molecular weight excluding hydrogens is 278 g/mol. The summed E-state index contributed by atoms with van der Waals surface area (Å²) in [5.74, 6) is 4.05. The Morgan fingerprint density at radius 3 is 2.82 bits per heavy atom. The number of amides is 1. The van der Waals surface area contributed by atoms with Crippen LogP contribution in [0.5, 0.6) is 5.75 Å². The summed E-state index contributed by atoms with van der Waals surface area (Å²) < 4.78 is 7.31. The molecule has 0 fully saturated rings. The van der Waals surface area contributed by atoms with Crippen molar-refractivity contribution < 1.29 is 9.53 Å². The standard InChI is InChI=1S/C17H19N3O2/c1-3-13-22-16-8-6-15(7-9-16)19-17(21)5-4-11-20-12-10-18-14(20)2/h1,6-10,12H,4-5,11,13H2,2H3,(H,19,21). The van der Waals surface area contributed by atoms with Gasteiger partial charge in [-0.05, 0) is 37.6 Å². The van der Waals surface area contributed by atoms with Crippen molar-refractivity contribution in [2.45, 2.75) is 26.3 Å². The van der Waals surface area contributed by atoms with Gasteiger partial charge in [0.15, 0.2) is 0 Å². The Hall–Kier alpha value is -2.74. The number of terminal acetylenes is 1. The molecule has 0 aliphatic carbocycles. The number of aromatic nitrogens is 2. The predicted octanol–water partition coefficient (Wildman–Crippen LogP) is 2.62. The largest absolute Gasteiger partial charge is 0.481 e. The van der Waals surface area contributed by atoms with Crippen molar-refractivity contribution in [1.29, 1.82) is 0 Å². The second-order valence-corrected chi connectivity index (χ2v) is 4.84. The molecule has 0 radical (unpaired) electrons. The van der Waals surface area contributed by atoms with Crippen molar-refractivity contribution >= 4 is 11.6 Å². The summed E-state index contributed by atoms with van der Waals surface area (Å²) in [6, 6.07) is 7.15. The zero-order valence-electron chi connectivity index (χ0n) is 12.6. The molecule has 0 saturated carbocycles. The summed E-state index contributed by atoms with van der Waals surface area (Å²) in [4.78, 5) is 16.0. The van der Waals surface area contributed by atoms with Gasteiger partial charge in [-0.3, -0.25) is 4.79 Å². The molecule has 2 rings (SSSR count). The molecule has 0 aliphatic heterocycles. The Balaban J connectivity index is 1.75. The van der Waals surface area contributed by atoms with Crippen LogP contribution in [-0.4, -0.2) is 22.1 Å². The van der Waals surface area contributed by atoms with Crippen LogP contribution >= 0.6 is 0 Å². The molecule has 0 unspecified atom stereocenters. The van der Waals surface area contributed by atoms with Crippen molar-refractivity contribution in [2.24, 2.45) is 0 Å². The van der Waals surface area contributed by atoms with Crippen LogP contribution in [0.4, 0.5) is 5.69 Å². The molecule has 5 heteroatoms. The Labute approximate surface area is 130 Å². The van der Waals surface area contributed by atoms with Gasteiger partial charge in [0.1, 0.15) is 18.2 Å². The molecule has 0 spiro atoms. The maximum absolute atomic E-state index is 11.9. The fourth-order valence-corrected chi connectivity index (χ4v) is 2.03. The first-order valence-corrected chi connectivity index (χ1v) is 7.13. The van der Waals surface area contributed by atoms with Crippen molar-refractivity contribution in [3.05, 3.63) is 42.5 Å². The van der Waals surface area contributed by atoms with Gasteiger partial charge in [-0.1, -0.05) is 5.92 Å². The number of carbonyl (C=O) groups excluding carboxylic acids is 1. The second-order valence-electron chi connectivity index (χ2n) is 4.84. The number of nitrogens with zero attached hydrogens (tertiary/aromatic N) is 2. The summed E-state index contributed by atoms with van der Waals surface area (Å²) >= 11 is 0. The van der Waals surface area contributed by atoms with Crippen LogP contribution in [0.15, 0.2) is 36.7 Å².